The first kappa shape index (κ1) is 13.9. The lowest BCUT2D eigenvalue weighted by Crippen LogP contribution is -2.10. The number of furan rings is 1. The summed E-state index contributed by atoms with van der Waals surface area (Å²) < 4.78 is 5.00. The van der Waals surface area contributed by atoms with Gasteiger partial charge in [0, 0.05) is 17.6 Å². The molecule has 102 valence electrons. The van der Waals surface area contributed by atoms with Crippen LogP contribution in [0.15, 0.2) is 58.9 Å². The van der Waals surface area contributed by atoms with E-state index in [2.05, 4.69) is 10.6 Å². The average molecular weight is 278 g/mol. The van der Waals surface area contributed by atoms with Crippen molar-refractivity contribution in [2.45, 2.75) is 0 Å². The number of hydrogen-bond acceptors (Lipinski definition) is 5. The summed E-state index contributed by atoms with van der Waals surface area (Å²) in [5, 5.41) is 22.8. The zero-order valence-electron chi connectivity index (χ0n) is 10.8. The molecular weight excluding hydrogens is 268 g/mol. The van der Waals surface area contributed by atoms with Crippen LogP contribution >= 0.6 is 0 Å². The van der Waals surface area contributed by atoms with Crippen molar-refractivity contribution < 1.29 is 9.21 Å². The molecule has 0 spiro atoms. The molecule has 0 saturated heterocycles. The zero-order chi connectivity index (χ0) is 15.1. The quantitative estimate of drug-likeness (QED) is 0.837. The number of allylic oxidation sites excluding steroid dienone is 1. The van der Waals surface area contributed by atoms with Gasteiger partial charge in [-0.2, -0.15) is 10.5 Å². The highest BCUT2D eigenvalue weighted by molar-refractivity contribution is 6.02. The standard InChI is InChI=1S/C15H10N4O2/c16-8-11(9-17)10-18-12-3-1-4-13(7-12)19-15(20)14-5-2-6-21-14/h1-7,10,18H,(H,19,20). The minimum absolute atomic E-state index is 0.0416. The first-order chi connectivity index (χ1) is 10.2. The Morgan fingerprint density at radius 3 is 2.57 bits per heavy atom. The fraction of sp³-hybridized carbons (Fsp3) is 0. The van der Waals surface area contributed by atoms with Crippen LogP contribution in [0, 0.1) is 22.7 Å². The lowest BCUT2D eigenvalue weighted by molar-refractivity contribution is 0.0996. The highest BCUT2D eigenvalue weighted by atomic mass is 16.3. The number of hydrogen-bond donors (Lipinski definition) is 2. The van der Waals surface area contributed by atoms with Crippen molar-refractivity contribution in [2.75, 3.05) is 10.6 Å². The molecule has 1 aromatic heterocycles. The Bertz CT molecular complexity index is 733. The van der Waals surface area contributed by atoms with E-state index in [-0.39, 0.29) is 17.2 Å². The van der Waals surface area contributed by atoms with Gasteiger partial charge in [-0.15, -0.1) is 0 Å². The molecule has 0 fully saturated rings. The lowest BCUT2D eigenvalue weighted by atomic mass is 10.2. The molecule has 1 aromatic carbocycles. The van der Waals surface area contributed by atoms with Crippen LogP contribution in [0.5, 0.6) is 0 Å². The molecule has 0 unspecified atom stereocenters. The fourth-order valence-electron chi connectivity index (χ4n) is 1.53. The molecule has 2 N–H and O–H groups in total. The Morgan fingerprint density at radius 1 is 1.14 bits per heavy atom. The Labute approximate surface area is 120 Å². The maximum absolute atomic E-state index is 11.8. The number of rotatable bonds is 4. The second-order valence-electron chi connectivity index (χ2n) is 3.94. The predicted octanol–water partition coefficient (Wildman–Crippen LogP) is 2.87. The average Bonchev–Trinajstić information content (AvgIpc) is 3.03. The van der Waals surface area contributed by atoms with Crippen molar-refractivity contribution in [1.29, 1.82) is 10.5 Å². The molecule has 0 aliphatic heterocycles. The van der Waals surface area contributed by atoms with Gasteiger partial charge in [0.05, 0.1) is 6.26 Å². The monoisotopic (exact) mass is 278 g/mol. The number of anilines is 2. The molecule has 21 heavy (non-hydrogen) atoms. The van der Waals surface area contributed by atoms with Crippen LogP contribution in [-0.2, 0) is 0 Å². The summed E-state index contributed by atoms with van der Waals surface area (Å²) in [6.07, 6.45) is 2.72. The third-order valence-corrected chi connectivity index (χ3v) is 2.49. The van der Waals surface area contributed by atoms with Gasteiger partial charge >= 0.3 is 0 Å². The summed E-state index contributed by atoms with van der Waals surface area (Å²) in [5.74, 6) is -0.146. The number of carbonyl (C=O) groups excluding carboxylic acids is 1. The van der Waals surface area contributed by atoms with Gasteiger partial charge in [0.15, 0.2) is 5.76 Å². The molecule has 0 aliphatic rings. The van der Waals surface area contributed by atoms with E-state index in [0.717, 1.165) is 0 Å². The van der Waals surface area contributed by atoms with Crippen LogP contribution in [0.1, 0.15) is 10.6 Å². The Morgan fingerprint density at radius 2 is 1.90 bits per heavy atom. The van der Waals surface area contributed by atoms with E-state index in [9.17, 15) is 4.79 Å². The molecule has 0 saturated carbocycles. The number of nitriles is 2. The zero-order valence-corrected chi connectivity index (χ0v) is 10.8. The molecule has 6 nitrogen and oxygen atoms in total. The van der Waals surface area contributed by atoms with Crippen LogP contribution in [0.3, 0.4) is 0 Å². The first-order valence-corrected chi connectivity index (χ1v) is 5.95. The summed E-state index contributed by atoms with van der Waals surface area (Å²) in [5.41, 5.74) is 1.15. The van der Waals surface area contributed by atoms with E-state index in [1.54, 1.807) is 48.5 Å². The maximum atomic E-state index is 11.8. The van der Waals surface area contributed by atoms with E-state index in [1.807, 2.05) is 0 Å². The molecule has 2 rings (SSSR count). The van der Waals surface area contributed by atoms with Crippen LogP contribution in [0.2, 0.25) is 0 Å². The van der Waals surface area contributed by atoms with Gasteiger partial charge in [0.1, 0.15) is 17.7 Å². The van der Waals surface area contributed by atoms with Crippen LogP contribution in [0.25, 0.3) is 0 Å². The summed E-state index contributed by atoms with van der Waals surface area (Å²) in [6.45, 7) is 0. The van der Waals surface area contributed by atoms with Gasteiger partial charge in [-0.1, -0.05) is 6.07 Å². The fourth-order valence-corrected chi connectivity index (χ4v) is 1.53. The Kier molecular flexibility index (Phi) is 4.37. The van der Waals surface area contributed by atoms with Crippen LogP contribution in [0.4, 0.5) is 11.4 Å². The SMILES string of the molecule is N#CC(C#N)=CNc1cccc(NC(=O)c2ccco2)c1. The van der Waals surface area contributed by atoms with Crippen LogP contribution < -0.4 is 10.6 Å². The lowest BCUT2D eigenvalue weighted by Gasteiger charge is -2.06. The van der Waals surface area contributed by atoms with E-state index < -0.39 is 0 Å². The predicted molar refractivity (Wildman–Crippen MR) is 76.0 cm³/mol. The first-order valence-electron chi connectivity index (χ1n) is 5.95. The van der Waals surface area contributed by atoms with Crippen molar-refractivity contribution in [3.63, 3.8) is 0 Å². The summed E-state index contributed by atoms with van der Waals surface area (Å²) in [7, 11) is 0. The molecule has 0 aliphatic carbocycles. The second kappa shape index (κ2) is 6.60. The number of nitrogens with one attached hydrogen (secondary N) is 2. The van der Waals surface area contributed by atoms with Crippen LogP contribution in [-0.4, -0.2) is 5.91 Å². The van der Waals surface area contributed by atoms with Crippen molar-refractivity contribution in [2.24, 2.45) is 0 Å². The van der Waals surface area contributed by atoms with Crippen molar-refractivity contribution in [3.05, 3.63) is 60.2 Å². The molecule has 2 aromatic rings. The minimum Gasteiger partial charge on any atom is -0.459 e. The van der Waals surface area contributed by atoms with E-state index in [0.29, 0.717) is 11.4 Å². The van der Waals surface area contributed by atoms with Crippen molar-refractivity contribution >= 4 is 17.3 Å². The number of carbonyl (C=O) groups is 1. The molecule has 1 amide bonds. The maximum Gasteiger partial charge on any atom is 0.291 e. The molecule has 0 radical (unpaired) electrons. The van der Waals surface area contributed by atoms with E-state index in [4.69, 9.17) is 14.9 Å². The molecule has 0 atom stereocenters. The highest BCUT2D eigenvalue weighted by Crippen LogP contribution is 2.16. The van der Waals surface area contributed by atoms with Gasteiger partial charge in [-0.3, -0.25) is 4.79 Å². The smallest absolute Gasteiger partial charge is 0.291 e. The number of benzene rings is 1. The van der Waals surface area contributed by atoms with Gasteiger partial charge in [-0.05, 0) is 30.3 Å². The van der Waals surface area contributed by atoms with Crippen molar-refractivity contribution in [3.8, 4) is 12.1 Å². The third-order valence-electron chi connectivity index (χ3n) is 2.49. The van der Waals surface area contributed by atoms with Gasteiger partial charge in [-0.25, -0.2) is 0 Å². The van der Waals surface area contributed by atoms with E-state index in [1.165, 1.54) is 12.5 Å². The number of nitrogens with zero attached hydrogens (tertiary/aromatic N) is 2. The minimum atomic E-state index is -0.359. The normalized spacial score (nSPS) is 9.05. The summed E-state index contributed by atoms with van der Waals surface area (Å²) in [4.78, 5) is 11.8. The summed E-state index contributed by atoms with van der Waals surface area (Å²) in [6, 6.07) is 13.5. The molecule has 6 heteroatoms. The molecular formula is C15H10N4O2. The van der Waals surface area contributed by atoms with Gasteiger partial charge in [0.2, 0.25) is 0 Å². The Hall–Kier alpha value is -3.51. The largest absolute Gasteiger partial charge is 0.459 e. The van der Waals surface area contributed by atoms with E-state index >= 15 is 0 Å². The third kappa shape index (κ3) is 3.72. The summed E-state index contributed by atoms with van der Waals surface area (Å²) >= 11 is 0. The molecule has 1 heterocycles. The van der Waals surface area contributed by atoms with Gasteiger partial charge in [0.25, 0.3) is 5.91 Å². The molecule has 0 bridgehead atoms. The van der Waals surface area contributed by atoms with Crippen molar-refractivity contribution in [1.82, 2.24) is 0 Å². The second-order valence-corrected chi connectivity index (χ2v) is 3.94. The number of amides is 1. The topological polar surface area (TPSA) is 102 Å². The Balaban J connectivity index is 2.08. The highest BCUT2D eigenvalue weighted by Gasteiger charge is 2.08. The van der Waals surface area contributed by atoms with Gasteiger partial charge < -0.3 is 15.1 Å².